The van der Waals surface area contributed by atoms with Crippen molar-refractivity contribution in [2.45, 2.75) is 17.7 Å². The minimum Gasteiger partial charge on any atom is -0.465 e. The average Bonchev–Trinajstić information content (AvgIpc) is 2.16. The summed E-state index contributed by atoms with van der Waals surface area (Å²) in [6.07, 6.45) is -0.0442. The minimum atomic E-state index is -0.940. The van der Waals surface area contributed by atoms with Crippen molar-refractivity contribution in [3.8, 4) is 0 Å². The lowest BCUT2D eigenvalue weighted by atomic mass is 10.2. The summed E-state index contributed by atoms with van der Waals surface area (Å²) in [5.74, 6) is 0.0961. The van der Waals surface area contributed by atoms with Gasteiger partial charge in [-0.1, -0.05) is 15.9 Å². The SMILES string of the molecule is O=C1CCN(C(=O)O)CCC1Br. The van der Waals surface area contributed by atoms with Crippen LogP contribution in [0.4, 0.5) is 4.79 Å². The summed E-state index contributed by atoms with van der Waals surface area (Å²) in [5.41, 5.74) is 0. The van der Waals surface area contributed by atoms with E-state index in [4.69, 9.17) is 5.11 Å². The smallest absolute Gasteiger partial charge is 0.407 e. The van der Waals surface area contributed by atoms with Crippen molar-refractivity contribution in [2.24, 2.45) is 0 Å². The summed E-state index contributed by atoms with van der Waals surface area (Å²) < 4.78 is 0. The summed E-state index contributed by atoms with van der Waals surface area (Å²) in [5, 5.41) is 8.64. The molecule has 0 radical (unpaired) electrons. The predicted octanol–water partition coefficient (Wildman–Crippen LogP) is 1.09. The highest BCUT2D eigenvalue weighted by molar-refractivity contribution is 9.10. The number of hydrogen-bond acceptors (Lipinski definition) is 2. The number of hydrogen-bond donors (Lipinski definition) is 1. The van der Waals surface area contributed by atoms with Crippen molar-refractivity contribution >= 4 is 27.8 Å². The summed E-state index contributed by atoms with van der Waals surface area (Å²) in [6, 6.07) is 0. The molecular weight excluding hydrogens is 226 g/mol. The molecule has 1 aliphatic rings. The summed E-state index contributed by atoms with van der Waals surface area (Å²) >= 11 is 3.21. The van der Waals surface area contributed by atoms with Crippen LogP contribution in [0.3, 0.4) is 0 Å². The number of alkyl halides is 1. The Balaban J connectivity index is 2.55. The predicted molar refractivity (Wildman–Crippen MR) is 46.6 cm³/mol. The number of carboxylic acid groups (broad SMARTS) is 1. The molecule has 4 nitrogen and oxygen atoms in total. The Kier molecular flexibility index (Phi) is 3.08. The molecular formula is C7H10BrNO3. The second kappa shape index (κ2) is 3.89. The van der Waals surface area contributed by atoms with Crippen molar-refractivity contribution in [3.05, 3.63) is 0 Å². The van der Waals surface area contributed by atoms with Gasteiger partial charge >= 0.3 is 6.09 Å². The molecule has 0 aliphatic carbocycles. The van der Waals surface area contributed by atoms with Gasteiger partial charge in [0.05, 0.1) is 4.83 Å². The van der Waals surface area contributed by atoms with E-state index in [9.17, 15) is 9.59 Å². The highest BCUT2D eigenvalue weighted by Crippen LogP contribution is 2.14. The molecule has 1 rings (SSSR count). The fourth-order valence-electron chi connectivity index (χ4n) is 1.14. The van der Waals surface area contributed by atoms with Crippen LogP contribution >= 0.6 is 15.9 Å². The zero-order valence-electron chi connectivity index (χ0n) is 6.49. The van der Waals surface area contributed by atoms with Gasteiger partial charge in [0.1, 0.15) is 5.78 Å². The number of likely N-dealkylation sites (tertiary alicyclic amines) is 1. The lowest BCUT2D eigenvalue weighted by Crippen LogP contribution is -2.30. The van der Waals surface area contributed by atoms with Gasteiger partial charge in [0, 0.05) is 19.5 Å². The van der Waals surface area contributed by atoms with E-state index in [-0.39, 0.29) is 10.6 Å². The molecule has 1 unspecified atom stereocenters. The number of halogens is 1. The van der Waals surface area contributed by atoms with E-state index in [1.807, 2.05) is 0 Å². The molecule has 0 bridgehead atoms. The molecule has 1 N–H and O–H groups in total. The Morgan fingerprint density at radius 2 is 2.25 bits per heavy atom. The molecule has 0 aromatic heterocycles. The molecule has 0 aromatic rings. The van der Waals surface area contributed by atoms with Crippen LogP contribution in [-0.4, -0.2) is 39.8 Å². The number of amides is 1. The maximum Gasteiger partial charge on any atom is 0.407 e. The van der Waals surface area contributed by atoms with Gasteiger partial charge in [0.25, 0.3) is 0 Å². The van der Waals surface area contributed by atoms with Gasteiger partial charge in [-0.3, -0.25) is 4.79 Å². The van der Waals surface area contributed by atoms with Gasteiger partial charge in [0.15, 0.2) is 0 Å². The van der Waals surface area contributed by atoms with Crippen LogP contribution < -0.4 is 0 Å². The Morgan fingerprint density at radius 1 is 1.58 bits per heavy atom. The molecule has 1 amide bonds. The summed E-state index contributed by atoms with van der Waals surface area (Å²) in [4.78, 5) is 22.7. The largest absolute Gasteiger partial charge is 0.465 e. The molecule has 1 atom stereocenters. The number of rotatable bonds is 0. The summed E-state index contributed by atoms with van der Waals surface area (Å²) in [6.45, 7) is 0.771. The maximum absolute atomic E-state index is 11.1. The van der Waals surface area contributed by atoms with Crippen molar-refractivity contribution < 1.29 is 14.7 Å². The molecule has 68 valence electrons. The number of Topliss-reactive ketones (excluding diaryl/α,β-unsaturated/α-hetero) is 1. The highest BCUT2D eigenvalue weighted by Gasteiger charge is 2.23. The maximum atomic E-state index is 11.1. The second-order valence-corrected chi connectivity index (χ2v) is 3.85. The van der Waals surface area contributed by atoms with Gasteiger partial charge in [0.2, 0.25) is 0 Å². The molecule has 1 heterocycles. The van der Waals surface area contributed by atoms with E-state index in [1.165, 1.54) is 4.90 Å². The molecule has 1 aliphatic heterocycles. The Morgan fingerprint density at radius 3 is 2.83 bits per heavy atom. The quantitative estimate of drug-likeness (QED) is 0.640. The van der Waals surface area contributed by atoms with E-state index in [0.717, 1.165) is 0 Å². The van der Waals surface area contributed by atoms with Crippen LogP contribution in [0.5, 0.6) is 0 Å². The lowest BCUT2D eigenvalue weighted by molar-refractivity contribution is -0.118. The molecule has 5 heteroatoms. The Labute approximate surface area is 78.7 Å². The van der Waals surface area contributed by atoms with E-state index < -0.39 is 6.09 Å². The molecule has 1 saturated heterocycles. The van der Waals surface area contributed by atoms with Gasteiger partial charge in [-0.05, 0) is 6.42 Å². The lowest BCUT2D eigenvalue weighted by Gasteiger charge is -2.14. The van der Waals surface area contributed by atoms with Crippen LogP contribution in [0, 0.1) is 0 Å². The first-order chi connectivity index (χ1) is 5.61. The standard InChI is InChI=1S/C7H10BrNO3/c8-5-1-3-9(7(11)12)4-2-6(5)10/h5H,1-4H2,(H,11,12). The molecule has 0 saturated carbocycles. The molecule has 0 spiro atoms. The van der Waals surface area contributed by atoms with Crippen LogP contribution in [0.2, 0.25) is 0 Å². The van der Waals surface area contributed by atoms with Crippen molar-refractivity contribution in [1.82, 2.24) is 4.90 Å². The van der Waals surface area contributed by atoms with Crippen LogP contribution in [0.25, 0.3) is 0 Å². The van der Waals surface area contributed by atoms with E-state index >= 15 is 0 Å². The normalized spacial score (nSPS) is 25.2. The van der Waals surface area contributed by atoms with Gasteiger partial charge in [-0.2, -0.15) is 0 Å². The van der Waals surface area contributed by atoms with E-state index in [0.29, 0.717) is 25.9 Å². The first kappa shape index (κ1) is 9.51. The fourth-order valence-corrected chi connectivity index (χ4v) is 1.57. The fraction of sp³-hybridized carbons (Fsp3) is 0.714. The third-order valence-corrected chi connectivity index (χ3v) is 2.87. The number of carbonyl (C=O) groups excluding carboxylic acids is 1. The zero-order valence-corrected chi connectivity index (χ0v) is 8.08. The molecule has 1 fully saturated rings. The van der Waals surface area contributed by atoms with Crippen molar-refractivity contribution in [2.75, 3.05) is 13.1 Å². The second-order valence-electron chi connectivity index (χ2n) is 2.74. The Hall–Kier alpha value is -0.580. The minimum absolute atomic E-state index is 0.0961. The highest BCUT2D eigenvalue weighted by atomic mass is 79.9. The van der Waals surface area contributed by atoms with E-state index in [2.05, 4.69) is 15.9 Å². The third-order valence-electron chi connectivity index (χ3n) is 1.90. The average molecular weight is 236 g/mol. The third kappa shape index (κ3) is 2.20. The van der Waals surface area contributed by atoms with Crippen molar-refractivity contribution in [3.63, 3.8) is 0 Å². The van der Waals surface area contributed by atoms with Crippen LogP contribution in [-0.2, 0) is 4.79 Å². The number of ketones is 1. The van der Waals surface area contributed by atoms with Gasteiger partial charge in [-0.25, -0.2) is 4.79 Å². The van der Waals surface area contributed by atoms with E-state index in [1.54, 1.807) is 0 Å². The van der Waals surface area contributed by atoms with Crippen LogP contribution in [0.1, 0.15) is 12.8 Å². The number of carbonyl (C=O) groups is 2. The first-order valence-electron chi connectivity index (χ1n) is 3.76. The zero-order chi connectivity index (χ0) is 9.14. The van der Waals surface area contributed by atoms with Gasteiger partial charge in [-0.15, -0.1) is 0 Å². The summed E-state index contributed by atoms with van der Waals surface area (Å²) in [7, 11) is 0. The monoisotopic (exact) mass is 235 g/mol. The topological polar surface area (TPSA) is 57.6 Å². The molecule has 0 aromatic carbocycles. The Bertz CT molecular complexity index is 207. The van der Waals surface area contributed by atoms with Crippen molar-refractivity contribution in [1.29, 1.82) is 0 Å². The number of nitrogens with zero attached hydrogens (tertiary/aromatic N) is 1. The van der Waals surface area contributed by atoms with Gasteiger partial charge < -0.3 is 10.0 Å². The molecule has 12 heavy (non-hydrogen) atoms. The van der Waals surface area contributed by atoms with Crippen LogP contribution in [0.15, 0.2) is 0 Å². The first-order valence-corrected chi connectivity index (χ1v) is 4.67.